The molecular weight excluding hydrogens is 591 g/mol. The van der Waals surface area contributed by atoms with E-state index in [2.05, 4.69) is 17.4 Å². The molecule has 3 aliphatic heterocycles. The van der Waals surface area contributed by atoms with Gasteiger partial charge < -0.3 is 32.1 Å². The summed E-state index contributed by atoms with van der Waals surface area (Å²) in [6.45, 7) is 0.654. The molecule has 1 spiro atoms. The summed E-state index contributed by atoms with van der Waals surface area (Å²) in [5.74, 6) is -2.73. The Balaban J connectivity index is 0.00000368. The lowest BCUT2D eigenvalue weighted by Gasteiger charge is -2.47. The Morgan fingerprint density at radius 1 is 1.05 bits per heavy atom. The highest BCUT2D eigenvalue weighted by molar-refractivity contribution is 5.82. The predicted molar refractivity (Wildman–Crippen MR) is 145 cm³/mol. The first-order chi connectivity index (χ1) is 20.1. The SMILES string of the molecule is O=C([C@@H]1C[NH2+]C[C@]12COCc1c(OCC(F)(F)F)cccc12)N1CC[C@@H](c2ccccc2)C[C@H]1C1CCC(F)(F)CC1.[Cl-]. The Morgan fingerprint density at radius 2 is 1.79 bits per heavy atom. The molecule has 1 aliphatic carbocycles. The van der Waals surface area contributed by atoms with E-state index in [4.69, 9.17) is 9.47 Å². The predicted octanol–water partition coefficient (Wildman–Crippen LogP) is 2.19. The average Bonchev–Trinajstić information content (AvgIpc) is 3.39. The first-order valence-corrected chi connectivity index (χ1v) is 15.0. The van der Waals surface area contributed by atoms with Gasteiger partial charge in [0.05, 0.1) is 31.7 Å². The molecule has 0 aromatic heterocycles. The number of ether oxygens (including phenoxy) is 2. The molecule has 3 heterocycles. The number of halogens is 6. The molecule has 11 heteroatoms. The van der Waals surface area contributed by atoms with E-state index >= 15 is 0 Å². The van der Waals surface area contributed by atoms with Crippen LogP contribution in [0.1, 0.15) is 61.1 Å². The van der Waals surface area contributed by atoms with Gasteiger partial charge in [-0.2, -0.15) is 13.2 Å². The second-order valence-corrected chi connectivity index (χ2v) is 12.5. The zero-order valence-electron chi connectivity index (χ0n) is 23.9. The van der Waals surface area contributed by atoms with Crippen LogP contribution in [0.25, 0.3) is 0 Å². The smallest absolute Gasteiger partial charge is 0.422 e. The number of benzene rings is 2. The molecule has 2 saturated heterocycles. The highest BCUT2D eigenvalue weighted by Gasteiger charge is 2.56. The number of fused-ring (bicyclic) bond motifs is 2. The van der Waals surface area contributed by atoms with E-state index in [-0.39, 0.29) is 68.0 Å². The number of rotatable bonds is 5. The zero-order chi connectivity index (χ0) is 29.5. The van der Waals surface area contributed by atoms with Gasteiger partial charge in [-0.25, -0.2) is 8.78 Å². The molecule has 2 aromatic rings. The van der Waals surface area contributed by atoms with Crippen LogP contribution in [0.5, 0.6) is 5.75 Å². The number of quaternary nitrogens is 1. The minimum Gasteiger partial charge on any atom is -1.00 e. The Morgan fingerprint density at radius 3 is 2.51 bits per heavy atom. The van der Waals surface area contributed by atoms with Crippen LogP contribution < -0.4 is 22.5 Å². The third kappa shape index (κ3) is 6.52. The molecule has 3 fully saturated rings. The van der Waals surface area contributed by atoms with Crippen molar-refractivity contribution in [1.29, 1.82) is 0 Å². The van der Waals surface area contributed by atoms with Crippen LogP contribution in [0.2, 0.25) is 0 Å². The summed E-state index contributed by atoms with van der Waals surface area (Å²) in [5.41, 5.74) is 1.88. The highest BCUT2D eigenvalue weighted by atomic mass is 35.5. The summed E-state index contributed by atoms with van der Waals surface area (Å²) in [6, 6.07) is 15.1. The fraction of sp³-hybridized carbons (Fsp3) is 0.594. The molecule has 236 valence electrons. The van der Waals surface area contributed by atoms with E-state index in [1.165, 1.54) is 11.6 Å². The van der Waals surface area contributed by atoms with Crippen molar-refractivity contribution in [2.45, 2.75) is 74.6 Å². The van der Waals surface area contributed by atoms with Crippen LogP contribution in [-0.2, 0) is 21.6 Å². The van der Waals surface area contributed by atoms with Crippen molar-refractivity contribution in [2.75, 3.05) is 32.8 Å². The lowest BCUT2D eigenvalue weighted by molar-refractivity contribution is -0.640. The topological polar surface area (TPSA) is 55.4 Å². The van der Waals surface area contributed by atoms with E-state index in [1.54, 1.807) is 6.07 Å². The van der Waals surface area contributed by atoms with Crippen molar-refractivity contribution in [3.8, 4) is 5.75 Å². The van der Waals surface area contributed by atoms with Gasteiger partial charge in [-0.1, -0.05) is 42.5 Å². The molecular formula is C32H38ClF5N2O3. The number of hydrogen-bond acceptors (Lipinski definition) is 3. The Hall–Kier alpha value is -2.43. The van der Waals surface area contributed by atoms with Crippen LogP contribution in [-0.4, -0.2) is 61.8 Å². The largest absolute Gasteiger partial charge is 1.00 e. The number of nitrogens with zero attached hydrogens (tertiary/aromatic N) is 1. The normalized spacial score (nSPS) is 29.1. The van der Waals surface area contributed by atoms with Crippen molar-refractivity contribution in [1.82, 2.24) is 4.90 Å². The summed E-state index contributed by atoms with van der Waals surface area (Å²) in [5, 5.41) is 2.08. The Labute approximate surface area is 254 Å². The van der Waals surface area contributed by atoms with Gasteiger partial charge in [-0.3, -0.25) is 4.79 Å². The summed E-state index contributed by atoms with van der Waals surface area (Å²) >= 11 is 0. The lowest BCUT2D eigenvalue weighted by Crippen LogP contribution is -3.00. The number of carbonyl (C=O) groups is 1. The number of amides is 1. The fourth-order valence-corrected chi connectivity index (χ4v) is 7.95. The van der Waals surface area contributed by atoms with Crippen molar-refractivity contribution in [3.63, 3.8) is 0 Å². The molecule has 43 heavy (non-hydrogen) atoms. The zero-order valence-corrected chi connectivity index (χ0v) is 24.7. The third-order valence-corrected chi connectivity index (χ3v) is 10.0. The lowest BCUT2D eigenvalue weighted by atomic mass is 9.68. The second kappa shape index (κ2) is 12.5. The standard InChI is InChI=1S/C32H37F5N2O3.ClH/c33-31(34)12-9-22(10-13-31)27-15-23(21-5-2-1-3-6-21)11-14-39(27)29(40)26-16-38-18-30(26)19-41-17-24-25(30)7-4-8-28(24)42-20-32(35,36)37;/h1-8,22-23,26-27,38H,9-20H2;1H/t23-,26+,27+,30-;/m1./s1. The molecule has 1 saturated carbocycles. The molecule has 4 aliphatic rings. The average molecular weight is 629 g/mol. The number of carbonyl (C=O) groups excluding carboxylic acids is 1. The molecule has 1 amide bonds. The number of nitrogens with two attached hydrogens (primary N) is 1. The summed E-state index contributed by atoms with van der Waals surface area (Å²) in [4.78, 5) is 16.5. The van der Waals surface area contributed by atoms with Gasteiger partial charge >= 0.3 is 6.18 Å². The quantitative estimate of drug-likeness (QED) is 0.517. The molecule has 0 radical (unpaired) electrons. The van der Waals surface area contributed by atoms with Crippen LogP contribution in [0.3, 0.4) is 0 Å². The monoisotopic (exact) mass is 628 g/mol. The molecule has 2 aromatic carbocycles. The molecule has 5 nitrogen and oxygen atoms in total. The van der Waals surface area contributed by atoms with E-state index in [1.807, 2.05) is 29.2 Å². The van der Waals surface area contributed by atoms with Gasteiger partial charge in [-0.05, 0) is 54.7 Å². The van der Waals surface area contributed by atoms with E-state index < -0.39 is 30.0 Å². The van der Waals surface area contributed by atoms with E-state index in [9.17, 15) is 26.7 Å². The Bertz CT molecular complexity index is 1270. The highest BCUT2D eigenvalue weighted by Crippen LogP contribution is 2.47. The summed E-state index contributed by atoms with van der Waals surface area (Å²) in [7, 11) is 0. The number of hydrogen-bond donors (Lipinski definition) is 1. The van der Waals surface area contributed by atoms with Crippen molar-refractivity contribution < 1.29 is 53.9 Å². The number of piperidine rings is 1. The molecule has 4 atom stereocenters. The maximum absolute atomic E-state index is 14.6. The van der Waals surface area contributed by atoms with Crippen molar-refractivity contribution in [2.24, 2.45) is 11.8 Å². The minimum absolute atomic E-state index is 0. The maximum atomic E-state index is 14.6. The Kier molecular flexibility index (Phi) is 9.31. The molecule has 2 N–H and O–H groups in total. The van der Waals surface area contributed by atoms with Gasteiger partial charge in [0.2, 0.25) is 11.8 Å². The number of alkyl halides is 5. The van der Waals surface area contributed by atoms with E-state index in [0.717, 1.165) is 18.4 Å². The first-order valence-electron chi connectivity index (χ1n) is 15.0. The second-order valence-electron chi connectivity index (χ2n) is 12.5. The van der Waals surface area contributed by atoms with Gasteiger partial charge in [0.25, 0.3) is 0 Å². The molecule has 0 unspecified atom stereocenters. The van der Waals surface area contributed by atoms with Crippen LogP contribution in [0.15, 0.2) is 48.5 Å². The van der Waals surface area contributed by atoms with Crippen LogP contribution in [0.4, 0.5) is 22.0 Å². The minimum atomic E-state index is -4.47. The first kappa shape index (κ1) is 32.0. The molecule has 6 rings (SSSR count). The van der Waals surface area contributed by atoms with Gasteiger partial charge in [0.15, 0.2) is 6.61 Å². The van der Waals surface area contributed by atoms with E-state index in [0.29, 0.717) is 38.0 Å². The van der Waals surface area contributed by atoms with Crippen LogP contribution >= 0.6 is 0 Å². The fourth-order valence-electron chi connectivity index (χ4n) is 7.95. The number of likely N-dealkylation sites (tertiary alicyclic amines) is 1. The van der Waals surface area contributed by atoms with Crippen molar-refractivity contribution >= 4 is 5.91 Å². The van der Waals surface area contributed by atoms with Gasteiger partial charge in [-0.15, -0.1) is 0 Å². The molecule has 0 bridgehead atoms. The third-order valence-electron chi connectivity index (χ3n) is 10.0. The van der Waals surface area contributed by atoms with Gasteiger partial charge in [0, 0.05) is 31.0 Å². The maximum Gasteiger partial charge on any atom is 0.422 e. The van der Waals surface area contributed by atoms with Gasteiger partial charge in [0.1, 0.15) is 11.7 Å². The summed E-state index contributed by atoms with van der Waals surface area (Å²) in [6.07, 6.45) is -2.49. The van der Waals surface area contributed by atoms with Crippen molar-refractivity contribution in [3.05, 3.63) is 65.2 Å². The summed E-state index contributed by atoms with van der Waals surface area (Å²) < 4.78 is 78.3. The van der Waals surface area contributed by atoms with Crippen LogP contribution in [0, 0.1) is 11.8 Å².